The molecule has 2 saturated heterocycles. The van der Waals surface area contributed by atoms with Crippen LogP contribution in [0, 0.1) is 0 Å². The number of rotatable bonds is 3. The van der Waals surface area contributed by atoms with E-state index in [4.69, 9.17) is 10.5 Å². The summed E-state index contributed by atoms with van der Waals surface area (Å²) < 4.78 is 5.27. The Morgan fingerprint density at radius 1 is 1.00 bits per heavy atom. The van der Waals surface area contributed by atoms with Crippen molar-refractivity contribution in [2.45, 2.75) is 44.1 Å². The summed E-state index contributed by atoms with van der Waals surface area (Å²) in [4.78, 5) is 26.9. The normalized spacial score (nSPS) is 19.8. The lowest BCUT2D eigenvalue weighted by Crippen LogP contribution is -2.54. The van der Waals surface area contributed by atoms with Gasteiger partial charge in [-0.1, -0.05) is 12.8 Å². The molecule has 144 valence electrons. The standard InChI is InChI=1S/C19H27N3O3.ClH/c20-19(9-13-25-14-10-19)18(24)21-16-7-5-15(6-8-16)17(23)22-11-3-1-2-4-12-22;/h5-8H,1-4,9-14,20H2,(H,21,24);1H. The maximum Gasteiger partial charge on any atom is 0.253 e. The van der Waals surface area contributed by atoms with Crippen LogP contribution < -0.4 is 11.1 Å². The Morgan fingerprint density at radius 3 is 2.15 bits per heavy atom. The number of amides is 2. The van der Waals surface area contributed by atoms with E-state index in [1.165, 1.54) is 12.8 Å². The third-order valence-electron chi connectivity index (χ3n) is 5.12. The van der Waals surface area contributed by atoms with Gasteiger partial charge in [-0.3, -0.25) is 9.59 Å². The summed E-state index contributed by atoms with van der Waals surface area (Å²) in [6.45, 7) is 2.67. The molecule has 2 amide bonds. The van der Waals surface area contributed by atoms with E-state index >= 15 is 0 Å². The van der Waals surface area contributed by atoms with Crippen molar-refractivity contribution in [1.82, 2.24) is 4.90 Å². The largest absolute Gasteiger partial charge is 0.381 e. The molecule has 0 atom stereocenters. The fraction of sp³-hybridized carbons (Fsp3) is 0.579. The number of carbonyl (C=O) groups is 2. The van der Waals surface area contributed by atoms with Gasteiger partial charge in [0.25, 0.3) is 5.91 Å². The second kappa shape index (κ2) is 9.35. The zero-order valence-corrected chi connectivity index (χ0v) is 15.9. The van der Waals surface area contributed by atoms with Gasteiger partial charge in [0.05, 0.1) is 0 Å². The van der Waals surface area contributed by atoms with Crippen molar-refractivity contribution in [2.75, 3.05) is 31.6 Å². The van der Waals surface area contributed by atoms with Crippen molar-refractivity contribution in [3.8, 4) is 0 Å². The summed E-state index contributed by atoms with van der Waals surface area (Å²) >= 11 is 0. The predicted molar refractivity (Wildman–Crippen MR) is 104 cm³/mol. The summed E-state index contributed by atoms with van der Waals surface area (Å²) in [6, 6.07) is 7.09. The molecule has 2 aliphatic heterocycles. The molecule has 1 aromatic carbocycles. The van der Waals surface area contributed by atoms with Crippen LogP contribution in [0.15, 0.2) is 24.3 Å². The quantitative estimate of drug-likeness (QED) is 0.842. The SMILES string of the molecule is Cl.NC1(C(=O)Nc2ccc(C(=O)N3CCCCCC3)cc2)CCOCC1. The van der Waals surface area contributed by atoms with E-state index in [-0.39, 0.29) is 24.2 Å². The van der Waals surface area contributed by atoms with E-state index in [9.17, 15) is 9.59 Å². The number of carbonyl (C=O) groups excluding carboxylic acids is 2. The molecule has 0 unspecified atom stereocenters. The molecule has 7 heteroatoms. The van der Waals surface area contributed by atoms with Crippen molar-refractivity contribution < 1.29 is 14.3 Å². The Morgan fingerprint density at radius 2 is 1.58 bits per heavy atom. The van der Waals surface area contributed by atoms with Gasteiger partial charge in [0.15, 0.2) is 0 Å². The van der Waals surface area contributed by atoms with Crippen molar-refractivity contribution in [3.63, 3.8) is 0 Å². The molecule has 2 aliphatic rings. The summed E-state index contributed by atoms with van der Waals surface area (Å²) in [7, 11) is 0. The number of benzene rings is 1. The smallest absolute Gasteiger partial charge is 0.253 e. The first-order chi connectivity index (χ1) is 12.1. The second-order valence-corrected chi connectivity index (χ2v) is 7.01. The number of likely N-dealkylation sites (tertiary alicyclic amines) is 1. The molecular weight excluding hydrogens is 354 g/mol. The minimum Gasteiger partial charge on any atom is -0.381 e. The van der Waals surface area contributed by atoms with Crippen molar-refractivity contribution >= 4 is 29.9 Å². The Labute approximate surface area is 160 Å². The average molecular weight is 382 g/mol. The van der Waals surface area contributed by atoms with Crippen LogP contribution in [0.1, 0.15) is 48.9 Å². The minimum absolute atomic E-state index is 0. The van der Waals surface area contributed by atoms with E-state index in [0.29, 0.717) is 37.3 Å². The van der Waals surface area contributed by atoms with Crippen molar-refractivity contribution in [3.05, 3.63) is 29.8 Å². The van der Waals surface area contributed by atoms with Gasteiger partial charge < -0.3 is 20.7 Å². The van der Waals surface area contributed by atoms with Crippen molar-refractivity contribution in [2.24, 2.45) is 5.73 Å². The van der Waals surface area contributed by atoms with E-state index < -0.39 is 5.54 Å². The number of nitrogens with zero attached hydrogens (tertiary/aromatic N) is 1. The molecule has 0 radical (unpaired) electrons. The van der Waals surface area contributed by atoms with Crippen LogP contribution in [0.2, 0.25) is 0 Å². The van der Waals surface area contributed by atoms with E-state index in [2.05, 4.69) is 5.32 Å². The summed E-state index contributed by atoms with van der Waals surface area (Å²) in [5.74, 6) is -0.123. The maximum atomic E-state index is 12.6. The molecule has 3 N–H and O–H groups in total. The summed E-state index contributed by atoms with van der Waals surface area (Å²) in [5.41, 5.74) is 6.63. The molecule has 2 heterocycles. The highest BCUT2D eigenvalue weighted by molar-refractivity contribution is 5.99. The van der Waals surface area contributed by atoms with Gasteiger partial charge in [0.1, 0.15) is 5.54 Å². The van der Waals surface area contributed by atoms with Crippen LogP contribution in [0.3, 0.4) is 0 Å². The molecule has 0 aliphatic carbocycles. The topological polar surface area (TPSA) is 84.7 Å². The first-order valence-corrected chi connectivity index (χ1v) is 9.16. The third kappa shape index (κ3) is 4.96. The third-order valence-corrected chi connectivity index (χ3v) is 5.12. The molecule has 1 aromatic rings. The van der Waals surface area contributed by atoms with Crippen LogP contribution in [0.4, 0.5) is 5.69 Å². The van der Waals surface area contributed by atoms with Crippen LogP contribution >= 0.6 is 12.4 Å². The zero-order valence-electron chi connectivity index (χ0n) is 15.0. The first-order valence-electron chi connectivity index (χ1n) is 9.16. The predicted octanol–water partition coefficient (Wildman–Crippen LogP) is 2.57. The van der Waals surface area contributed by atoms with Gasteiger partial charge >= 0.3 is 0 Å². The molecule has 0 spiro atoms. The molecule has 0 aromatic heterocycles. The number of halogens is 1. The highest BCUT2D eigenvalue weighted by Crippen LogP contribution is 2.21. The molecule has 0 bridgehead atoms. The van der Waals surface area contributed by atoms with Gasteiger partial charge in [-0.15, -0.1) is 12.4 Å². The van der Waals surface area contributed by atoms with Crippen LogP contribution in [-0.4, -0.2) is 48.6 Å². The lowest BCUT2D eigenvalue weighted by atomic mass is 9.90. The Kier molecular flexibility index (Phi) is 7.43. The Hall–Kier alpha value is -1.63. The van der Waals surface area contributed by atoms with Crippen LogP contribution in [-0.2, 0) is 9.53 Å². The second-order valence-electron chi connectivity index (χ2n) is 7.01. The molecule has 0 saturated carbocycles. The fourth-order valence-corrected chi connectivity index (χ4v) is 3.37. The number of anilines is 1. The van der Waals surface area contributed by atoms with E-state index in [1.54, 1.807) is 24.3 Å². The first kappa shape index (κ1) is 20.7. The number of nitrogens with one attached hydrogen (secondary N) is 1. The van der Waals surface area contributed by atoms with E-state index in [0.717, 1.165) is 25.9 Å². The fourth-order valence-electron chi connectivity index (χ4n) is 3.37. The van der Waals surface area contributed by atoms with E-state index in [1.807, 2.05) is 4.90 Å². The molecule has 26 heavy (non-hydrogen) atoms. The lowest BCUT2D eigenvalue weighted by molar-refractivity contribution is -0.124. The zero-order chi connectivity index (χ0) is 17.7. The molecular formula is C19H28ClN3O3. The Bertz CT molecular complexity index is 607. The van der Waals surface area contributed by atoms with Crippen LogP contribution in [0.25, 0.3) is 0 Å². The lowest BCUT2D eigenvalue weighted by Gasteiger charge is -2.31. The van der Waals surface area contributed by atoms with Gasteiger partial charge in [-0.2, -0.15) is 0 Å². The average Bonchev–Trinajstić information content (AvgIpc) is 2.92. The number of hydrogen-bond acceptors (Lipinski definition) is 4. The maximum absolute atomic E-state index is 12.6. The van der Waals surface area contributed by atoms with Crippen molar-refractivity contribution in [1.29, 1.82) is 0 Å². The molecule has 3 rings (SSSR count). The van der Waals surface area contributed by atoms with Gasteiger partial charge in [0, 0.05) is 37.6 Å². The van der Waals surface area contributed by atoms with Gasteiger partial charge in [0.2, 0.25) is 5.91 Å². The minimum atomic E-state index is -0.876. The summed E-state index contributed by atoms with van der Waals surface area (Å²) in [5, 5.41) is 2.86. The molecule has 6 nitrogen and oxygen atoms in total. The highest BCUT2D eigenvalue weighted by Gasteiger charge is 2.35. The number of hydrogen-bond donors (Lipinski definition) is 2. The molecule has 2 fully saturated rings. The highest BCUT2D eigenvalue weighted by atomic mass is 35.5. The Balaban J connectivity index is 0.00000243. The number of nitrogens with two attached hydrogens (primary N) is 1. The summed E-state index contributed by atoms with van der Waals surface area (Å²) in [6.07, 6.45) is 5.57. The monoisotopic (exact) mass is 381 g/mol. The van der Waals surface area contributed by atoms with Crippen LogP contribution in [0.5, 0.6) is 0 Å². The van der Waals surface area contributed by atoms with Gasteiger partial charge in [-0.05, 0) is 49.9 Å². The van der Waals surface area contributed by atoms with Gasteiger partial charge in [-0.25, -0.2) is 0 Å². The number of ether oxygens (including phenoxy) is 1.